The molecule has 2 aromatic heterocycles. The van der Waals surface area contributed by atoms with Gasteiger partial charge in [-0.3, -0.25) is 0 Å². The molecule has 2 nitrogen and oxygen atoms in total. The third-order valence-corrected chi connectivity index (χ3v) is 1.98. The van der Waals surface area contributed by atoms with Crippen LogP contribution in [0.2, 0.25) is 5.15 Å². The van der Waals surface area contributed by atoms with Crippen LogP contribution in [-0.4, -0.2) is 56.1 Å². The number of nitrogens with zero attached hydrogens (tertiary/aromatic N) is 2. The van der Waals surface area contributed by atoms with Crippen LogP contribution in [-0.2, 0) is 14.4 Å². The number of halogens is 8. The number of hydrogen-bond acceptors (Lipinski definition) is 2. The molecule has 14 heteroatoms. The second kappa shape index (κ2) is 48.2. The largest absolute Gasteiger partial charge is 2.00 e. The summed E-state index contributed by atoms with van der Waals surface area (Å²) in [6.07, 6.45) is 5.99. The van der Waals surface area contributed by atoms with Gasteiger partial charge in [-0.2, -0.15) is 54.6 Å². The number of aromatic nitrogens is 2. The van der Waals surface area contributed by atoms with E-state index in [1.165, 1.54) is 0 Å². The molecule has 2 heterocycles. The van der Waals surface area contributed by atoms with Gasteiger partial charge in [0.25, 0.3) is 0 Å². The Morgan fingerprint density at radius 3 is 1.39 bits per heavy atom. The summed E-state index contributed by atoms with van der Waals surface area (Å²) >= 11 is 17.6. The van der Waals surface area contributed by atoms with Crippen LogP contribution in [0.3, 0.4) is 0 Å². The van der Waals surface area contributed by atoms with Crippen molar-refractivity contribution in [1.29, 1.82) is 0 Å². The third-order valence-electron chi connectivity index (χ3n) is 1.75. The standard InChI is InChI=1S/C6H5.C5H4ClN.C5H4N.CH4.2BrH.5HI.2Mg.2V/c1-2-4-6-5-3-1;6-5-3-1-2-4-7-5;1-2-4-6-5-3-1;;;;;;;;;;;;/h1-5H;1-4H;1-4H;1H4;7*1H;;;;/q-1;;-1;;;;;;;;;3*+2;+3/p-7. The van der Waals surface area contributed by atoms with Crippen molar-refractivity contribution in [3.8, 4) is 0 Å². The molecule has 0 spiro atoms. The van der Waals surface area contributed by atoms with E-state index in [1.54, 1.807) is 24.5 Å². The number of hydrogen-bond donors (Lipinski definition) is 0. The second-order valence-corrected chi connectivity index (χ2v) is 51.0. The molecule has 0 aliphatic heterocycles. The maximum absolute atomic E-state index is 5.43. The summed E-state index contributed by atoms with van der Waals surface area (Å²) in [5.74, 6) is 0. The third kappa shape index (κ3) is 61.1. The van der Waals surface area contributed by atoms with Crippen LogP contribution in [0.15, 0.2) is 79.1 Å². The summed E-state index contributed by atoms with van der Waals surface area (Å²) in [6, 6.07) is 23.4. The average molecular weight is 1230 g/mol. The Morgan fingerprint density at radius 2 is 1.26 bits per heavy atom. The van der Waals surface area contributed by atoms with Crippen LogP contribution in [0.1, 0.15) is 7.43 Å². The van der Waals surface area contributed by atoms with Crippen molar-refractivity contribution < 1.29 is 48.3 Å². The Bertz CT molecular complexity index is 518. The minimum Gasteiger partial charge on any atom is -0.394 e. The molecule has 0 radical (unpaired) electrons. The van der Waals surface area contributed by atoms with E-state index >= 15 is 0 Å². The Labute approximate surface area is 312 Å². The topological polar surface area (TPSA) is 25.8 Å². The average Bonchev–Trinajstić information content (AvgIpc) is 2.66. The van der Waals surface area contributed by atoms with Gasteiger partial charge >= 0.3 is 160 Å². The van der Waals surface area contributed by atoms with Crippen molar-refractivity contribution in [2.45, 2.75) is 7.43 Å². The second-order valence-electron chi connectivity index (χ2n) is 3.44. The summed E-state index contributed by atoms with van der Waals surface area (Å²) in [7, 11) is 0.628. The van der Waals surface area contributed by atoms with Crippen molar-refractivity contribution in [2.75, 3.05) is 0 Å². The molecule has 1 aromatic carbocycles. The molecule has 165 valence electrons. The molecule has 0 saturated heterocycles. The molecule has 31 heavy (non-hydrogen) atoms. The van der Waals surface area contributed by atoms with Crippen molar-refractivity contribution in [1.82, 2.24) is 9.97 Å². The molecule has 0 N–H and O–H groups in total. The monoisotopic (exact) mass is 1230 g/mol. The van der Waals surface area contributed by atoms with Gasteiger partial charge in [0.05, 0.1) is 0 Å². The van der Waals surface area contributed by atoms with Crippen molar-refractivity contribution in [3.05, 3.63) is 96.5 Å². The predicted octanol–water partition coefficient (Wildman–Crippen LogP) is 2.41. The van der Waals surface area contributed by atoms with E-state index in [0.717, 1.165) is 0 Å². The quantitative estimate of drug-likeness (QED) is 0.150. The Morgan fingerprint density at radius 1 is 0.806 bits per heavy atom. The van der Waals surface area contributed by atoms with Crippen LogP contribution >= 0.6 is 111 Å². The molecule has 0 aliphatic rings. The maximum Gasteiger partial charge on any atom is 2.00 e. The van der Waals surface area contributed by atoms with Gasteiger partial charge in [0, 0.05) is 6.20 Å². The van der Waals surface area contributed by atoms with Gasteiger partial charge in [-0.05, 0) is 12.1 Å². The number of pyridine rings is 2. The molecule has 0 aliphatic carbocycles. The fraction of sp³-hybridized carbons (Fsp3) is 0.0588. The van der Waals surface area contributed by atoms with E-state index in [2.05, 4.69) is 122 Å². The molecular weight excluding hydrogens is 1210 g/mol. The van der Waals surface area contributed by atoms with Crippen LogP contribution in [0.25, 0.3) is 0 Å². The van der Waals surface area contributed by atoms with Crippen LogP contribution in [0.5, 0.6) is 0 Å². The first-order valence-corrected chi connectivity index (χ1v) is 29.4. The fourth-order valence-corrected chi connectivity index (χ4v) is 1.09. The van der Waals surface area contributed by atoms with E-state index in [1.807, 2.05) is 54.6 Å². The zero-order valence-electron chi connectivity index (χ0n) is 15.2. The van der Waals surface area contributed by atoms with Crippen molar-refractivity contribution >= 4 is 158 Å². The molecule has 0 atom stereocenters. The van der Waals surface area contributed by atoms with Gasteiger partial charge in [-0.25, -0.2) is 4.98 Å². The van der Waals surface area contributed by atoms with Gasteiger partial charge < -0.3 is 38.9 Å². The fourth-order valence-electron chi connectivity index (χ4n) is 0.961. The molecule has 0 unspecified atom stereocenters. The van der Waals surface area contributed by atoms with Gasteiger partial charge in [-0.1, -0.05) is 37.5 Å². The minimum absolute atomic E-state index is 0. The SMILES string of the molecule is C.Clc1ccccn1.[Br-].[Br-].[I][V]([I])[I].[I][V][I].[Mg+2].[Mg+2].[c-]1ccccc1.[c-]1ccccn1. The Balaban J connectivity index is -0.0000000458. The first-order valence-electron chi connectivity index (χ1n) is 6.49. The van der Waals surface area contributed by atoms with Gasteiger partial charge in [0.15, 0.2) is 0 Å². The van der Waals surface area contributed by atoms with Crippen LogP contribution in [0.4, 0.5) is 0 Å². The smallest absolute Gasteiger partial charge is 0.394 e. The van der Waals surface area contributed by atoms with Gasteiger partial charge in [0.1, 0.15) is 5.15 Å². The van der Waals surface area contributed by atoms with E-state index in [0.29, 0.717) is 14.6 Å². The number of benzene rings is 1. The summed E-state index contributed by atoms with van der Waals surface area (Å²) < 4.78 is 0. The minimum atomic E-state index is -0.278. The van der Waals surface area contributed by atoms with Crippen molar-refractivity contribution in [3.63, 3.8) is 0 Å². The Hall–Kier alpha value is 5.12. The zero-order chi connectivity index (χ0) is 19.9. The maximum atomic E-state index is 5.43. The van der Waals surface area contributed by atoms with E-state index < -0.39 is 0 Å². The molecule has 0 amide bonds. The molecular formula is C17H17Br2ClI5Mg2N2V2. The summed E-state index contributed by atoms with van der Waals surface area (Å²) in [5.41, 5.74) is 0. The first kappa shape index (κ1) is 52.5. The zero-order valence-corrected chi connectivity index (χ0v) is 35.6. The molecule has 3 aromatic rings. The predicted molar refractivity (Wildman–Crippen MR) is 166 cm³/mol. The number of rotatable bonds is 0. The summed E-state index contributed by atoms with van der Waals surface area (Å²) in [6.45, 7) is 0. The van der Waals surface area contributed by atoms with Crippen LogP contribution < -0.4 is 34.0 Å². The van der Waals surface area contributed by atoms with E-state index in [-0.39, 0.29) is 92.4 Å². The van der Waals surface area contributed by atoms with Gasteiger partial charge in [-0.15, -0.1) is 0 Å². The molecule has 0 fully saturated rings. The first-order chi connectivity index (χ1) is 12.5. The normalized spacial score (nSPS) is 6.68. The molecule has 0 saturated carbocycles. The van der Waals surface area contributed by atoms with E-state index in [9.17, 15) is 0 Å². The molecule has 3 rings (SSSR count). The van der Waals surface area contributed by atoms with E-state index in [4.69, 9.17) is 11.6 Å². The summed E-state index contributed by atoms with van der Waals surface area (Å²) in [5, 5.41) is 0.544. The van der Waals surface area contributed by atoms with Crippen molar-refractivity contribution in [2.24, 2.45) is 0 Å². The summed E-state index contributed by atoms with van der Waals surface area (Å²) in [4.78, 5) is 7.13. The van der Waals surface area contributed by atoms with Crippen LogP contribution in [0, 0.1) is 12.3 Å². The molecule has 0 bridgehead atoms. The van der Waals surface area contributed by atoms with Gasteiger partial charge in [0.2, 0.25) is 0 Å². The Kier molecular flexibility index (Phi) is 81.7.